The predicted octanol–water partition coefficient (Wildman–Crippen LogP) is 1.34. The fourth-order valence-corrected chi connectivity index (χ4v) is 1.32. The highest BCUT2D eigenvalue weighted by Crippen LogP contribution is 2.06. The highest BCUT2D eigenvalue weighted by Gasteiger charge is 2.09. The van der Waals surface area contributed by atoms with Crippen LogP contribution in [0.5, 0.6) is 0 Å². The summed E-state index contributed by atoms with van der Waals surface area (Å²) in [6.07, 6.45) is 2.06. The van der Waals surface area contributed by atoms with Gasteiger partial charge in [0.1, 0.15) is 4.60 Å². The molecule has 5 heteroatoms. The molecular formula is C10H13BrN2O2. The lowest BCUT2D eigenvalue weighted by atomic mass is 10.2. The molecule has 0 saturated heterocycles. The number of aromatic nitrogens is 1. The zero-order valence-corrected chi connectivity index (χ0v) is 9.99. The van der Waals surface area contributed by atoms with Crippen molar-refractivity contribution in [3.8, 4) is 0 Å². The molecule has 1 aromatic heterocycles. The van der Waals surface area contributed by atoms with E-state index < -0.39 is 0 Å². The number of hydrogen-bond acceptors (Lipinski definition) is 3. The Hall–Kier alpha value is -0.940. The minimum absolute atomic E-state index is 0.0360. The van der Waals surface area contributed by atoms with E-state index in [2.05, 4.69) is 26.2 Å². The number of pyridine rings is 1. The molecule has 0 aliphatic heterocycles. The Labute approximate surface area is 96.8 Å². The van der Waals surface area contributed by atoms with Crippen LogP contribution in [0.1, 0.15) is 23.7 Å². The molecule has 0 saturated carbocycles. The van der Waals surface area contributed by atoms with E-state index in [1.165, 1.54) is 6.20 Å². The normalized spacial score (nSPS) is 12.2. The summed E-state index contributed by atoms with van der Waals surface area (Å²) in [5, 5.41) is 11.4. The molecule has 4 nitrogen and oxygen atoms in total. The molecule has 0 radical (unpaired) electrons. The summed E-state index contributed by atoms with van der Waals surface area (Å²) in [6.45, 7) is 1.92. The van der Waals surface area contributed by atoms with Crippen LogP contribution in [0.4, 0.5) is 0 Å². The molecule has 0 spiro atoms. The second-order valence-corrected chi connectivity index (χ2v) is 4.07. The Morgan fingerprint density at radius 2 is 2.40 bits per heavy atom. The van der Waals surface area contributed by atoms with Crippen molar-refractivity contribution in [2.75, 3.05) is 6.61 Å². The first-order valence-electron chi connectivity index (χ1n) is 4.66. The standard InChI is InChI=1S/C10H13BrN2O2/c1-7(4-5-14)13-10(15)8-2-3-9(11)12-6-8/h2-3,6-7,14H,4-5H2,1H3,(H,13,15). The summed E-state index contributed by atoms with van der Waals surface area (Å²) in [4.78, 5) is 15.6. The van der Waals surface area contributed by atoms with Crippen LogP contribution in [0.3, 0.4) is 0 Å². The highest BCUT2D eigenvalue weighted by molar-refractivity contribution is 9.10. The monoisotopic (exact) mass is 272 g/mol. The van der Waals surface area contributed by atoms with Gasteiger partial charge in [-0.25, -0.2) is 4.98 Å². The van der Waals surface area contributed by atoms with Gasteiger partial charge in [0.2, 0.25) is 0 Å². The molecule has 1 amide bonds. The number of carbonyl (C=O) groups is 1. The van der Waals surface area contributed by atoms with Gasteiger partial charge in [-0.3, -0.25) is 4.79 Å². The molecule has 1 rings (SSSR count). The molecule has 0 aromatic carbocycles. The van der Waals surface area contributed by atoms with E-state index in [0.717, 1.165) is 0 Å². The Kier molecular flexibility index (Phi) is 4.71. The predicted molar refractivity (Wildman–Crippen MR) is 60.6 cm³/mol. The maximum Gasteiger partial charge on any atom is 0.253 e. The van der Waals surface area contributed by atoms with Crippen LogP contribution >= 0.6 is 15.9 Å². The first kappa shape index (κ1) is 12.1. The minimum Gasteiger partial charge on any atom is -0.396 e. The smallest absolute Gasteiger partial charge is 0.253 e. The third-order valence-electron chi connectivity index (χ3n) is 1.93. The molecule has 0 aliphatic rings. The molecule has 82 valence electrons. The summed E-state index contributed by atoms with van der Waals surface area (Å²) in [6, 6.07) is 3.37. The number of halogens is 1. The number of rotatable bonds is 4. The van der Waals surface area contributed by atoms with Crippen molar-refractivity contribution in [3.05, 3.63) is 28.5 Å². The van der Waals surface area contributed by atoms with Gasteiger partial charge in [0.05, 0.1) is 5.56 Å². The molecule has 0 aliphatic carbocycles. The quantitative estimate of drug-likeness (QED) is 0.814. The molecule has 1 atom stereocenters. The number of hydrogen-bond donors (Lipinski definition) is 2. The number of nitrogens with zero attached hydrogens (tertiary/aromatic N) is 1. The van der Waals surface area contributed by atoms with Gasteiger partial charge in [0, 0.05) is 18.8 Å². The number of nitrogens with one attached hydrogen (secondary N) is 1. The van der Waals surface area contributed by atoms with Gasteiger partial charge in [0.25, 0.3) is 5.91 Å². The van der Waals surface area contributed by atoms with Crippen LogP contribution in [0.2, 0.25) is 0 Å². The summed E-state index contributed by atoms with van der Waals surface area (Å²) < 4.78 is 0.697. The number of amides is 1. The SMILES string of the molecule is CC(CCO)NC(=O)c1ccc(Br)nc1. The zero-order valence-electron chi connectivity index (χ0n) is 8.40. The second-order valence-electron chi connectivity index (χ2n) is 3.26. The summed E-state index contributed by atoms with van der Waals surface area (Å²) in [5.41, 5.74) is 0.517. The van der Waals surface area contributed by atoms with Gasteiger partial charge in [-0.1, -0.05) is 0 Å². The molecule has 0 bridgehead atoms. The largest absolute Gasteiger partial charge is 0.396 e. The van der Waals surface area contributed by atoms with E-state index in [4.69, 9.17) is 5.11 Å². The van der Waals surface area contributed by atoms with Crippen LogP contribution in [0, 0.1) is 0 Å². The molecule has 1 aromatic rings. The van der Waals surface area contributed by atoms with E-state index in [-0.39, 0.29) is 18.6 Å². The van der Waals surface area contributed by atoms with Crippen LogP contribution in [-0.4, -0.2) is 28.6 Å². The average Bonchev–Trinajstić information content (AvgIpc) is 2.18. The van der Waals surface area contributed by atoms with Gasteiger partial charge in [-0.15, -0.1) is 0 Å². The molecule has 0 fully saturated rings. The Morgan fingerprint density at radius 1 is 1.67 bits per heavy atom. The fraction of sp³-hybridized carbons (Fsp3) is 0.400. The van der Waals surface area contributed by atoms with Gasteiger partial charge in [0.15, 0.2) is 0 Å². The van der Waals surface area contributed by atoms with Gasteiger partial charge >= 0.3 is 0 Å². The number of aliphatic hydroxyl groups excluding tert-OH is 1. The van der Waals surface area contributed by atoms with Crippen molar-refractivity contribution < 1.29 is 9.90 Å². The maximum atomic E-state index is 11.6. The summed E-state index contributed by atoms with van der Waals surface area (Å²) in [5.74, 6) is -0.170. The second kappa shape index (κ2) is 5.82. The van der Waals surface area contributed by atoms with E-state index in [1.807, 2.05) is 6.92 Å². The summed E-state index contributed by atoms with van der Waals surface area (Å²) in [7, 11) is 0. The molecular weight excluding hydrogens is 260 g/mol. The van der Waals surface area contributed by atoms with Crippen LogP contribution in [-0.2, 0) is 0 Å². The molecule has 1 heterocycles. The van der Waals surface area contributed by atoms with Crippen molar-refractivity contribution in [2.45, 2.75) is 19.4 Å². The Morgan fingerprint density at radius 3 is 2.93 bits per heavy atom. The number of carbonyl (C=O) groups excluding carboxylic acids is 1. The van der Waals surface area contributed by atoms with Crippen LogP contribution in [0.15, 0.2) is 22.9 Å². The fourth-order valence-electron chi connectivity index (χ4n) is 1.08. The van der Waals surface area contributed by atoms with Gasteiger partial charge < -0.3 is 10.4 Å². The van der Waals surface area contributed by atoms with E-state index in [1.54, 1.807) is 12.1 Å². The topological polar surface area (TPSA) is 62.2 Å². The maximum absolute atomic E-state index is 11.6. The molecule has 2 N–H and O–H groups in total. The highest BCUT2D eigenvalue weighted by atomic mass is 79.9. The third kappa shape index (κ3) is 3.97. The Balaban J connectivity index is 2.57. The molecule has 1 unspecified atom stereocenters. The molecule has 15 heavy (non-hydrogen) atoms. The van der Waals surface area contributed by atoms with E-state index >= 15 is 0 Å². The first-order chi connectivity index (χ1) is 7.13. The first-order valence-corrected chi connectivity index (χ1v) is 5.46. The van der Waals surface area contributed by atoms with Crippen molar-refractivity contribution >= 4 is 21.8 Å². The number of aliphatic hydroxyl groups is 1. The Bertz CT molecular complexity index is 327. The van der Waals surface area contributed by atoms with E-state index in [9.17, 15) is 4.79 Å². The lowest BCUT2D eigenvalue weighted by Gasteiger charge is -2.11. The van der Waals surface area contributed by atoms with E-state index in [0.29, 0.717) is 16.6 Å². The minimum atomic E-state index is -0.170. The van der Waals surface area contributed by atoms with Crippen LogP contribution in [0.25, 0.3) is 0 Å². The lowest BCUT2D eigenvalue weighted by Crippen LogP contribution is -2.33. The summed E-state index contributed by atoms with van der Waals surface area (Å²) >= 11 is 3.19. The lowest BCUT2D eigenvalue weighted by molar-refractivity contribution is 0.0934. The van der Waals surface area contributed by atoms with Crippen LogP contribution < -0.4 is 5.32 Å². The van der Waals surface area contributed by atoms with Crippen molar-refractivity contribution in [3.63, 3.8) is 0 Å². The van der Waals surface area contributed by atoms with Gasteiger partial charge in [-0.2, -0.15) is 0 Å². The average molecular weight is 273 g/mol. The van der Waals surface area contributed by atoms with Crippen molar-refractivity contribution in [2.24, 2.45) is 0 Å². The zero-order chi connectivity index (χ0) is 11.3. The van der Waals surface area contributed by atoms with Gasteiger partial charge in [-0.05, 0) is 41.4 Å². The van der Waals surface area contributed by atoms with Crippen molar-refractivity contribution in [1.82, 2.24) is 10.3 Å². The van der Waals surface area contributed by atoms with Crippen molar-refractivity contribution in [1.29, 1.82) is 0 Å². The third-order valence-corrected chi connectivity index (χ3v) is 2.40.